The fourth-order valence-corrected chi connectivity index (χ4v) is 4.24. The first kappa shape index (κ1) is 22.0. The van der Waals surface area contributed by atoms with E-state index in [1.165, 1.54) is 18.4 Å². The Hall–Kier alpha value is -2.30. The molecule has 0 saturated heterocycles. The molecule has 152 valence electrons. The summed E-state index contributed by atoms with van der Waals surface area (Å²) < 4.78 is 33.5. The number of furan rings is 1. The van der Waals surface area contributed by atoms with Gasteiger partial charge in [-0.15, -0.1) is 12.3 Å². The van der Waals surface area contributed by atoms with Crippen LogP contribution in [0.2, 0.25) is 0 Å². The first-order chi connectivity index (χ1) is 13.1. The van der Waals surface area contributed by atoms with Crippen molar-refractivity contribution >= 4 is 26.9 Å². The second kappa shape index (κ2) is 9.26. The van der Waals surface area contributed by atoms with Crippen LogP contribution >= 0.6 is 0 Å². The maximum atomic E-state index is 13.1. The number of hydrogen-bond acceptors (Lipinski definition) is 4. The lowest BCUT2D eigenvalue weighted by Gasteiger charge is -2.30. The van der Waals surface area contributed by atoms with E-state index < -0.39 is 16.1 Å². The quantitative estimate of drug-likeness (QED) is 0.651. The van der Waals surface area contributed by atoms with E-state index in [2.05, 4.69) is 10.6 Å². The Morgan fingerprint density at radius 3 is 2.39 bits per heavy atom. The molecule has 0 aliphatic rings. The predicted molar refractivity (Wildman–Crippen MR) is 110 cm³/mol. The summed E-state index contributed by atoms with van der Waals surface area (Å²) in [6.07, 6.45) is 6.90. The Morgan fingerprint density at radius 1 is 1.18 bits per heavy atom. The van der Waals surface area contributed by atoms with Crippen LogP contribution in [0.4, 0.5) is 0 Å². The summed E-state index contributed by atoms with van der Waals surface area (Å²) in [4.78, 5) is 14.8. The lowest BCUT2D eigenvalue weighted by atomic mass is 10.1. The molecular formula is C21H28N2O4S. The van der Waals surface area contributed by atoms with Crippen LogP contribution < -0.4 is 4.72 Å². The summed E-state index contributed by atoms with van der Waals surface area (Å²) in [5, 5.41) is 0.670. The molecule has 1 N–H and O–H groups in total. The van der Waals surface area contributed by atoms with Crippen LogP contribution in [0.5, 0.6) is 0 Å². The second-order valence-corrected chi connectivity index (χ2v) is 9.45. The number of carbonyl (C=O) groups excluding carboxylic acids is 1. The van der Waals surface area contributed by atoms with Gasteiger partial charge in [-0.3, -0.25) is 4.79 Å². The summed E-state index contributed by atoms with van der Waals surface area (Å²) in [7, 11) is -3.92. The first-order valence-electron chi connectivity index (χ1n) is 9.36. The van der Waals surface area contributed by atoms with E-state index >= 15 is 0 Å². The Labute approximate surface area is 167 Å². The number of sulfonamides is 1. The highest BCUT2D eigenvalue weighted by molar-refractivity contribution is 7.89. The van der Waals surface area contributed by atoms with Gasteiger partial charge in [0.25, 0.3) is 0 Å². The average molecular weight is 405 g/mol. The zero-order valence-electron chi connectivity index (χ0n) is 16.8. The molecule has 1 heterocycles. The van der Waals surface area contributed by atoms with E-state index in [-0.39, 0.29) is 29.1 Å². The molecule has 0 bridgehead atoms. The molecule has 7 heteroatoms. The van der Waals surface area contributed by atoms with Gasteiger partial charge in [-0.2, -0.15) is 4.72 Å². The minimum Gasteiger partial charge on any atom is -0.464 e. The van der Waals surface area contributed by atoms with Crippen LogP contribution in [0.15, 0.2) is 39.8 Å². The zero-order valence-corrected chi connectivity index (χ0v) is 17.6. The SMILES string of the molecule is C#CC[C@H](NS(=O)(=O)c1ccc2occc2c1)C(=O)N(CC(C)C)CC(C)C. The fourth-order valence-electron chi connectivity index (χ4n) is 3.02. The van der Waals surface area contributed by atoms with Crippen molar-refractivity contribution in [2.75, 3.05) is 13.1 Å². The van der Waals surface area contributed by atoms with Crippen LogP contribution in [0, 0.1) is 24.2 Å². The Kier molecular flexibility index (Phi) is 7.28. The number of hydrogen-bond donors (Lipinski definition) is 1. The van der Waals surface area contributed by atoms with Crippen molar-refractivity contribution in [3.8, 4) is 12.3 Å². The zero-order chi connectivity index (χ0) is 20.9. The molecule has 0 saturated carbocycles. The number of nitrogens with one attached hydrogen (secondary N) is 1. The molecule has 0 radical (unpaired) electrons. The molecule has 2 rings (SSSR count). The van der Waals surface area contributed by atoms with Gasteiger partial charge < -0.3 is 9.32 Å². The van der Waals surface area contributed by atoms with E-state index in [1.807, 2.05) is 27.7 Å². The second-order valence-electron chi connectivity index (χ2n) is 7.73. The standard InChI is InChI=1S/C21H28N2O4S/c1-6-7-19(21(24)23(13-15(2)3)14-16(4)5)22-28(25,26)18-8-9-20-17(12-18)10-11-27-20/h1,8-12,15-16,19,22H,7,13-14H2,2-5H3/t19-/m0/s1. The number of nitrogens with zero attached hydrogens (tertiary/aromatic N) is 1. The molecule has 1 amide bonds. The van der Waals surface area contributed by atoms with Crippen molar-refractivity contribution in [3.05, 3.63) is 30.5 Å². The molecule has 0 fully saturated rings. The van der Waals surface area contributed by atoms with Gasteiger partial charge in [0.15, 0.2) is 0 Å². The van der Waals surface area contributed by atoms with Gasteiger partial charge in [-0.25, -0.2) is 8.42 Å². The van der Waals surface area contributed by atoms with Gasteiger partial charge >= 0.3 is 0 Å². The van der Waals surface area contributed by atoms with Crippen LogP contribution in [0.3, 0.4) is 0 Å². The largest absolute Gasteiger partial charge is 0.464 e. The Morgan fingerprint density at radius 2 is 1.82 bits per heavy atom. The molecule has 1 atom stereocenters. The van der Waals surface area contributed by atoms with E-state index in [9.17, 15) is 13.2 Å². The van der Waals surface area contributed by atoms with E-state index in [1.54, 1.807) is 17.0 Å². The van der Waals surface area contributed by atoms with Gasteiger partial charge in [-0.1, -0.05) is 27.7 Å². The fraction of sp³-hybridized carbons (Fsp3) is 0.476. The van der Waals surface area contributed by atoms with Crippen molar-refractivity contribution in [3.63, 3.8) is 0 Å². The van der Waals surface area contributed by atoms with E-state index in [4.69, 9.17) is 10.8 Å². The summed E-state index contributed by atoms with van der Waals surface area (Å²) in [5.41, 5.74) is 0.593. The van der Waals surface area contributed by atoms with Gasteiger partial charge in [0, 0.05) is 24.9 Å². The van der Waals surface area contributed by atoms with Crippen LogP contribution in [-0.4, -0.2) is 38.4 Å². The Bertz CT molecular complexity index is 944. The molecule has 6 nitrogen and oxygen atoms in total. The summed E-state index contributed by atoms with van der Waals surface area (Å²) >= 11 is 0. The highest BCUT2D eigenvalue weighted by Gasteiger charge is 2.29. The number of rotatable bonds is 9. The summed E-state index contributed by atoms with van der Waals surface area (Å²) in [5.74, 6) is 2.64. The maximum Gasteiger partial charge on any atom is 0.241 e. The third-order valence-corrected chi connectivity index (χ3v) is 5.60. The number of benzene rings is 1. The van der Waals surface area contributed by atoms with Gasteiger partial charge in [-0.05, 0) is 36.1 Å². The molecule has 2 aromatic rings. The highest BCUT2D eigenvalue weighted by Crippen LogP contribution is 2.20. The van der Waals surface area contributed by atoms with Gasteiger partial charge in [0.1, 0.15) is 11.6 Å². The van der Waals surface area contributed by atoms with E-state index in [0.29, 0.717) is 24.1 Å². The molecule has 28 heavy (non-hydrogen) atoms. The molecule has 0 aliphatic heterocycles. The first-order valence-corrected chi connectivity index (χ1v) is 10.8. The van der Waals surface area contributed by atoms with Crippen LogP contribution in [-0.2, 0) is 14.8 Å². The molecule has 0 aliphatic carbocycles. The molecular weight excluding hydrogens is 376 g/mol. The van der Waals surface area contributed by atoms with Crippen molar-refractivity contribution in [1.29, 1.82) is 0 Å². The minimum atomic E-state index is -3.92. The molecule has 1 aromatic carbocycles. The minimum absolute atomic E-state index is 0.0152. The smallest absolute Gasteiger partial charge is 0.241 e. The third kappa shape index (κ3) is 5.60. The molecule has 1 aromatic heterocycles. The normalized spacial score (nSPS) is 13.0. The average Bonchev–Trinajstić information content (AvgIpc) is 3.07. The topological polar surface area (TPSA) is 79.6 Å². The van der Waals surface area contributed by atoms with Crippen LogP contribution in [0.25, 0.3) is 11.0 Å². The maximum absolute atomic E-state index is 13.1. The molecule has 0 unspecified atom stereocenters. The van der Waals surface area contributed by atoms with Gasteiger partial charge in [0.2, 0.25) is 15.9 Å². The lowest BCUT2D eigenvalue weighted by Crippen LogP contribution is -2.50. The van der Waals surface area contributed by atoms with Crippen molar-refractivity contribution in [2.24, 2.45) is 11.8 Å². The van der Waals surface area contributed by atoms with Crippen molar-refractivity contribution < 1.29 is 17.6 Å². The number of amides is 1. The van der Waals surface area contributed by atoms with Crippen molar-refractivity contribution in [2.45, 2.75) is 45.1 Å². The predicted octanol–water partition coefficient (Wildman–Crippen LogP) is 3.24. The van der Waals surface area contributed by atoms with Gasteiger partial charge in [0.05, 0.1) is 11.2 Å². The summed E-state index contributed by atoms with van der Waals surface area (Å²) in [6.45, 7) is 9.14. The monoisotopic (exact) mass is 404 g/mol. The number of fused-ring (bicyclic) bond motifs is 1. The highest BCUT2D eigenvalue weighted by atomic mass is 32.2. The lowest BCUT2D eigenvalue weighted by molar-refractivity contribution is -0.134. The summed E-state index contributed by atoms with van der Waals surface area (Å²) in [6, 6.07) is 5.23. The van der Waals surface area contributed by atoms with Crippen LogP contribution in [0.1, 0.15) is 34.1 Å². The number of carbonyl (C=O) groups is 1. The number of terminal acetylenes is 1. The van der Waals surface area contributed by atoms with E-state index in [0.717, 1.165) is 0 Å². The molecule has 0 spiro atoms. The third-order valence-electron chi connectivity index (χ3n) is 4.13. The van der Waals surface area contributed by atoms with Crippen molar-refractivity contribution in [1.82, 2.24) is 9.62 Å². The Balaban J connectivity index is 2.28.